The highest BCUT2D eigenvalue weighted by Gasteiger charge is 2.40. The van der Waals surface area contributed by atoms with E-state index in [0.717, 1.165) is 23.7 Å². The molecule has 0 aromatic heterocycles. The highest BCUT2D eigenvalue weighted by atomic mass is 35.5. The Bertz CT molecular complexity index is 442. The van der Waals surface area contributed by atoms with Crippen LogP contribution in [-0.2, 0) is 0 Å². The number of fused-ring (bicyclic) bond motifs is 1. The van der Waals surface area contributed by atoms with E-state index < -0.39 is 6.10 Å². The highest BCUT2D eigenvalue weighted by molar-refractivity contribution is 6.30. The van der Waals surface area contributed by atoms with Gasteiger partial charge in [-0.05, 0) is 37.5 Å². The molecule has 2 atom stereocenters. The molecule has 1 aliphatic carbocycles. The monoisotopic (exact) mass is 252 g/mol. The molecule has 1 fully saturated rings. The summed E-state index contributed by atoms with van der Waals surface area (Å²) in [6, 6.07) is 5.49. The van der Waals surface area contributed by atoms with Gasteiger partial charge in [0.1, 0.15) is 11.4 Å². The lowest BCUT2D eigenvalue weighted by Gasteiger charge is -2.38. The van der Waals surface area contributed by atoms with Crippen LogP contribution in [-0.4, -0.2) is 10.7 Å². The minimum absolute atomic E-state index is 0.221. The summed E-state index contributed by atoms with van der Waals surface area (Å²) in [6.07, 6.45) is 3.87. The summed E-state index contributed by atoms with van der Waals surface area (Å²) in [5.74, 6) is 1.58. The van der Waals surface area contributed by atoms with Gasteiger partial charge in [0.05, 0.1) is 6.10 Å². The van der Waals surface area contributed by atoms with Gasteiger partial charge in [0.25, 0.3) is 0 Å². The molecule has 1 aliphatic heterocycles. The van der Waals surface area contributed by atoms with Crippen LogP contribution in [0.25, 0.3) is 0 Å². The zero-order valence-electron chi connectivity index (χ0n) is 9.95. The van der Waals surface area contributed by atoms with Gasteiger partial charge >= 0.3 is 0 Å². The summed E-state index contributed by atoms with van der Waals surface area (Å²) >= 11 is 5.94. The van der Waals surface area contributed by atoms with Crippen LogP contribution in [0.1, 0.15) is 44.3 Å². The number of aliphatic hydroxyl groups is 1. The zero-order valence-corrected chi connectivity index (χ0v) is 10.7. The van der Waals surface area contributed by atoms with Crippen molar-refractivity contribution in [2.75, 3.05) is 0 Å². The number of hydrogen-bond donors (Lipinski definition) is 1. The molecule has 1 aromatic carbocycles. The number of hydrogen-bond acceptors (Lipinski definition) is 2. The Balaban J connectivity index is 1.88. The van der Waals surface area contributed by atoms with Gasteiger partial charge in [-0.1, -0.05) is 24.4 Å². The molecular weight excluding hydrogens is 236 g/mol. The molecule has 1 unspecified atom stereocenters. The quantitative estimate of drug-likeness (QED) is 0.869. The molecule has 2 nitrogen and oxygen atoms in total. The molecule has 1 heterocycles. The van der Waals surface area contributed by atoms with Gasteiger partial charge in [-0.3, -0.25) is 0 Å². The summed E-state index contributed by atoms with van der Waals surface area (Å²) in [6.45, 7) is 2.10. The van der Waals surface area contributed by atoms with E-state index in [-0.39, 0.29) is 5.60 Å². The molecule has 3 rings (SSSR count). The Kier molecular flexibility index (Phi) is 2.60. The molecule has 1 N–H and O–H groups in total. The maximum atomic E-state index is 10.2. The third kappa shape index (κ3) is 2.29. The molecular formula is C14H17ClO2. The van der Waals surface area contributed by atoms with E-state index in [4.69, 9.17) is 16.3 Å². The first kappa shape index (κ1) is 11.4. The normalized spacial score (nSPS) is 31.8. The lowest BCUT2D eigenvalue weighted by atomic mass is 9.86. The second kappa shape index (κ2) is 3.89. The standard InChI is InChI=1S/C14H17ClO2/c1-14(7-9-2-3-9)8-12(16)11-6-10(15)4-5-13(11)17-14/h4-6,9,12,16H,2-3,7-8H2,1H3/t12-,14?/m0/s1. The van der Waals surface area contributed by atoms with Crippen LogP contribution in [0.2, 0.25) is 5.02 Å². The molecule has 0 bridgehead atoms. The van der Waals surface area contributed by atoms with Crippen molar-refractivity contribution in [3.63, 3.8) is 0 Å². The first-order valence-electron chi connectivity index (χ1n) is 6.22. The van der Waals surface area contributed by atoms with Crippen molar-refractivity contribution < 1.29 is 9.84 Å². The van der Waals surface area contributed by atoms with Crippen molar-refractivity contribution in [2.45, 2.75) is 44.3 Å². The molecule has 3 heteroatoms. The Labute approximate surface area is 107 Å². The summed E-state index contributed by atoms with van der Waals surface area (Å²) in [5.41, 5.74) is 0.604. The Hall–Kier alpha value is -0.730. The van der Waals surface area contributed by atoms with Gasteiger partial charge < -0.3 is 9.84 Å². The number of ether oxygens (including phenoxy) is 1. The van der Waals surface area contributed by atoms with E-state index in [1.165, 1.54) is 12.8 Å². The Morgan fingerprint density at radius 2 is 2.24 bits per heavy atom. The third-order valence-corrected chi connectivity index (χ3v) is 3.96. The molecule has 1 saturated carbocycles. The average Bonchev–Trinajstić information content (AvgIpc) is 3.03. The summed E-state index contributed by atoms with van der Waals surface area (Å²) in [7, 11) is 0. The van der Waals surface area contributed by atoms with Crippen LogP contribution in [0.5, 0.6) is 5.75 Å². The molecule has 2 aliphatic rings. The number of rotatable bonds is 2. The maximum absolute atomic E-state index is 10.2. The molecule has 1 aromatic rings. The predicted octanol–water partition coefficient (Wildman–Crippen LogP) is 3.71. The molecule has 92 valence electrons. The van der Waals surface area contributed by atoms with E-state index in [9.17, 15) is 5.11 Å². The predicted molar refractivity (Wildman–Crippen MR) is 67.4 cm³/mol. The molecule has 17 heavy (non-hydrogen) atoms. The number of benzene rings is 1. The van der Waals surface area contributed by atoms with Gasteiger partial charge in [-0.2, -0.15) is 0 Å². The first-order chi connectivity index (χ1) is 8.06. The van der Waals surface area contributed by atoms with Crippen LogP contribution < -0.4 is 4.74 Å². The summed E-state index contributed by atoms with van der Waals surface area (Å²) in [5, 5.41) is 10.9. The van der Waals surface area contributed by atoms with Crippen molar-refractivity contribution in [2.24, 2.45) is 5.92 Å². The fraction of sp³-hybridized carbons (Fsp3) is 0.571. The van der Waals surface area contributed by atoms with E-state index in [2.05, 4.69) is 6.92 Å². The van der Waals surface area contributed by atoms with Crippen molar-refractivity contribution in [1.82, 2.24) is 0 Å². The number of halogens is 1. The SMILES string of the molecule is CC1(CC2CC2)C[C@H](O)c2cc(Cl)ccc2O1. The van der Waals surface area contributed by atoms with E-state index in [1.54, 1.807) is 6.07 Å². The lowest BCUT2D eigenvalue weighted by molar-refractivity contribution is -0.0104. The van der Waals surface area contributed by atoms with Gasteiger partial charge in [-0.15, -0.1) is 0 Å². The van der Waals surface area contributed by atoms with E-state index >= 15 is 0 Å². The fourth-order valence-corrected chi connectivity index (χ4v) is 2.94. The van der Waals surface area contributed by atoms with Crippen molar-refractivity contribution in [3.05, 3.63) is 28.8 Å². The molecule has 0 saturated heterocycles. The largest absolute Gasteiger partial charge is 0.487 e. The Morgan fingerprint density at radius 3 is 2.94 bits per heavy atom. The maximum Gasteiger partial charge on any atom is 0.126 e. The van der Waals surface area contributed by atoms with Crippen LogP contribution >= 0.6 is 11.6 Å². The highest BCUT2D eigenvalue weighted by Crippen LogP contribution is 2.46. The van der Waals surface area contributed by atoms with E-state index in [0.29, 0.717) is 11.4 Å². The topological polar surface area (TPSA) is 29.5 Å². The first-order valence-corrected chi connectivity index (χ1v) is 6.60. The van der Waals surface area contributed by atoms with Gasteiger partial charge in [-0.25, -0.2) is 0 Å². The smallest absolute Gasteiger partial charge is 0.126 e. The fourth-order valence-electron chi connectivity index (χ4n) is 2.76. The molecule has 0 spiro atoms. The lowest BCUT2D eigenvalue weighted by Crippen LogP contribution is -2.38. The van der Waals surface area contributed by atoms with Gasteiger partial charge in [0, 0.05) is 17.0 Å². The van der Waals surface area contributed by atoms with Crippen LogP contribution in [0.15, 0.2) is 18.2 Å². The van der Waals surface area contributed by atoms with E-state index in [1.807, 2.05) is 12.1 Å². The van der Waals surface area contributed by atoms with Gasteiger partial charge in [0.2, 0.25) is 0 Å². The summed E-state index contributed by atoms with van der Waals surface area (Å²) < 4.78 is 6.08. The van der Waals surface area contributed by atoms with Gasteiger partial charge in [0.15, 0.2) is 0 Å². The van der Waals surface area contributed by atoms with Crippen LogP contribution in [0, 0.1) is 5.92 Å². The van der Waals surface area contributed by atoms with Crippen molar-refractivity contribution in [3.8, 4) is 5.75 Å². The second-order valence-corrected chi connectivity index (χ2v) is 6.04. The average molecular weight is 253 g/mol. The molecule has 0 amide bonds. The van der Waals surface area contributed by atoms with Crippen molar-refractivity contribution in [1.29, 1.82) is 0 Å². The second-order valence-electron chi connectivity index (χ2n) is 5.60. The number of aliphatic hydroxyl groups excluding tert-OH is 1. The Morgan fingerprint density at radius 1 is 1.47 bits per heavy atom. The molecule has 0 radical (unpaired) electrons. The third-order valence-electron chi connectivity index (χ3n) is 3.73. The summed E-state index contributed by atoms with van der Waals surface area (Å²) in [4.78, 5) is 0. The van der Waals surface area contributed by atoms with Crippen LogP contribution in [0.4, 0.5) is 0 Å². The van der Waals surface area contributed by atoms with Crippen molar-refractivity contribution >= 4 is 11.6 Å². The minimum atomic E-state index is -0.457. The zero-order chi connectivity index (χ0) is 12.0. The minimum Gasteiger partial charge on any atom is -0.487 e. The van der Waals surface area contributed by atoms with Crippen LogP contribution in [0.3, 0.4) is 0 Å².